The molecule has 0 saturated carbocycles. The van der Waals surface area contributed by atoms with Crippen LogP contribution in [0.5, 0.6) is 0 Å². The highest BCUT2D eigenvalue weighted by atomic mass is 19.4. The molecule has 16 heteroatoms. The van der Waals surface area contributed by atoms with Gasteiger partial charge in [-0.05, 0) is 43.2 Å². The Labute approximate surface area is 226 Å². The molecule has 4 aromatic heterocycles. The van der Waals surface area contributed by atoms with E-state index in [1.807, 2.05) is 0 Å². The van der Waals surface area contributed by atoms with Gasteiger partial charge in [-0.3, -0.25) is 14.6 Å². The summed E-state index contributed by atoms with van der Waals surface area (Å²) >= 11 is 0. The predicted molar refractivity (Wildman–Crippen MR) is 133 cm³/mol. The molecule has 0 amide bonds. The summed E-state index contributed by atoms with van der Waals surface area (Å²) in [5.74, 6) is 0. The Morgan fingerprint density at radius 1 is 1.00 bits per heavy atom. The van der Waals surface area contributed by atoms with Crippen molar-refractivity contribution in [1.82, 2.24) is 24.7 Å². The fourth-order valence-corrected chi connectivity index (χ4v) is 4.07. The molecule has 218 valence electrons. The van der Waals surface area contributed by atoms with Gasteiger partial charge in [0.1, 0.15) is 5.56 Å². The molecule has 4 aromatic rings. The van der Waals surface area contributed by atoms with Gasteiger partial charge < -0.3 is 14.6 Å². The van der Waals surface area contributed by atoms with Crippen LogP contribution in [0.25, 0.3) is 22.3 Å². The second-order valence-corrected chi connectivity index (χ2v) is 8.78. The number of H-pyrrole nitrogens is 1. The molecule has 4 rings (SSSR count). The average Bonchev–Trinajstić information content (AvgIpc) is 2.92. The third-order valence-electron chi connectivity index (χ3n) is 6.00. The molecule has 4 heterocycles. The summed E-state index contributed by atoms with van der Waals surface area (Å²) in [6.45, 7) is -3.80. The molecule has 0 spiro atoms. The minimum absolute atomic E-state index is 0.0151. The number of nitrogens with one attached hydrogen (secondary N) is 2. The van der Waals surface area contributed by atoms with Crippen LogP contribution < -0.4 is 16.4 Å². The molecule has 0 unspecified atom stereocenters. The molecule has 0 radical (unpaired) electrons. The Kier molecular flexibility index (Phi) is 9.00. The lowest BCUT2D eigenvalue weighted by molar-refractivity contribution is -0.138. The summed E-state index contributed by atoms with van der Waals surface area (Å²) in [6.07, 6.45) is -4.37. The first-order valence-electron chi connectivity index (χ1n) is 12.0. The third-order valence-corrected chi connectivity index (χ3v) is 6.00. The van der Waals surface area contributed by atoms with Gasteiger partial charge >= 0.3 is 12.8 Å². The number of rotatable bonds is 11. The van der Waals surface area contributed by atoms with Crippen LogP contribution in [0.2, 0.25) is 0 Å². The number of hydrogen-bond acceptors (Lipinski definition) is 7. The number of fused-ring (bicyclic) bond motifs is 1. The van der Waals surface area contributed by atoms with Gasteiger partial charge in [0, 0.05) is 30.5 Å². The number of pyridine rings is 3. The van der Waals surface area contributed by atoms with E-state index in [2.05, 4.69) is 25.1 Å². The fraction of sp³-hybridized carbons (Fsp3) is 0.320. The average molecular weight is 586 g/mol. The number of alkyl halides is 7. The molecule has 0 saturated heterocycles. The van der Waals surface area contributed by atoms with Crippen molar-refractivity contribution in [3.63, 3.8) is 0 Å². The summed E-state index contributed by atoms with van der Waals surface area (Å²) in [7, 11) is 0. The number of halogens is 7. The standard InChI is InChI=1S/C25H21F7N6O3/c26-21(27)13-3-5-17(33-10-13)18-6-4-15-16(36-18)7-9-38(23(15)40)8-1-2-14(12-41-24(28)29)35-19-11-34-37-22(39)20(19)25(30,31)32/h3-7,9-11,14,21,24H,1-2,8,12H2,(H2,35,37,39)/t14-/m1/s1. The largest absolute Gasteiger partial charge is 0.423 e. The highest BCUT2D eigenvalue weighted by Gasteiger charge is 2.37. The van der Waals surface area contributed by atoms with E-state index in [-0.39, 0.29) is 30.3 Å². The van der Waals surface area contributed by atoms with E-state index in [1.54, 1.807) is 11.2 Å². The van der Waals surface area contributed by atoms with E-state index in [0.29, 0.717) is 16.9 Å². The van der Waals surface area contributed by atoms with Crippen molar-refractivity contribution in [2.75, 3.05) is 11.9 Å². The first-order chi connectivity index (χ1) is 19.4. The smallest absolute Gasteiger partial charge is 0.378 e. The lowest BCUT2D eigenvalue weighted by Gasteiger charge is -2.22. The van der Waals surface area contributed by atoms with Gasteiger partial charge in [0.05, 0.1) is 40.8 Å². The molecule has 0 aliphatic rings. The SMILES string of the molecule is O=c1[nH]ncc(N[C@H](CCCn2ccc3nc(-c4ccc(C(F)F)cn4)ccc3c2=O)COC(F)F)c1C(F)(F)F. The van der Waals surface area contributed by atoms with Crippen LogP contribution in [-0.4, -0.2) is 44.0 Å². The number of hydrogen-bond donors (Lipinski definition) is 2. The second kappa shape index (κ2) is 12.4. The van der Waals surface area contributed by atoms with E-state index >= 15 is 0 Å². The maximum atomic E-state index is 13.4. The van der Waals surface area contributed by atoms with Crippen molar-refractivity contribution < 1.29 is 35.5 Å². The maximum absolute atomic E-state index is 13.4. The number of anilines is 1. The quantitative estimate of drug-likeness (QED) is 0.238. The number of aryl methyl sites for hydroxylation is 1. The van der Waals surface area contributed by atoms with Gasteiger partial charge in [0.25, 0.3) is 17.5 Å². The Morgan fingerprint density at radius 3 is 2.41 bits per heavy atom. The van der Waals surface area contributed by atoms with Gasteiger partial charge in [-0.1, -0.05) is 0 Å². The zero-order valence-electron chi connectivity index (χ0n) is 20.8. The lowest BCUT2D eigenvalue weighted by atomic mass is 10.1. The van der Waals surface area contributed by atoms with Gasteiger partial charge in [-0.25, -0.2) is 18.9 Å². The fourth-order valence-electron chi connectivity index (χ4n) is 4.07. The van der Waals surface area contributed by atoms with E-state index in [4.69, 9.17) is 0 Å². The van der Waals surface area contributed by atoms with Gasteiger partial charge in [0.2, 0.25) is 0 Å². The van der Waals surface area contributed by atoms with Crippen LogP contribution in [0.15, 0.2) is 58.5 Å². The summed E-state index contributed by atoms with van der Waals surface area (Å²) in [5, 5.41) is 7.66. The minimum Gasteiger partial charge on any atom is -0.378 e. The Hall–Kier alpha value is -4.34. The van der Waals surface area contributed by atoms with E-state index < -0.39 is 54.2 Å². The van der Waals surface area contributed by atoms with E-state index in [0.717, 1.165) is 12.4 Å². The molecule has 1 atom stereocenters. The number of nitrogens with zero attached hydrogens (tertiary/aromatic N) is 4. The molecular formula is C25H21F7N6O3. The van der Waals surface area contributed by atoms with Gasteiger partial charge in [-0.2, -0.15) is 27.1 Å². The van der Waals surface area contributed by atoms with Crippen molar-refractivity contribution >= 4 is 16.6 Å². The second-order valence-electron chi connectivity index (χ2n) is 8.78. The molecule has 0 bridgehead atoms. The summed E-state index contributed by atoms with van der Waals surface area (Å²) in [6, 6.07) is 6.08. The van der Waals surface area contributed by atoms with Crippen molar-refractivity contribution in [3.8, 4) is 11.4 Å². The third kappa shape index (κ3) is 7.25. The van der Waals surface area contributed by atoms with Crippen LogP contribution in [0.4, 0.5) is 36.4 Å². The highest BCUT2D eigenvalue weighted by molar-refractivity contribution is 5.80. The predicted octanol–water partition coefficient (Wildman–Crippen LogP) is 5.00. The van der Waals surface area contributed by atoms with Gasteiger partial charge in [0.15, 0.2) is 0 Å². The highest BCUT2D eigenvalue weighted by Crippen LogP contribution is 2.32. The first-order valence-corrected chi connectivity index (χ1v) is 12.0. The lowest BCUT2D eigenvalue weighted by Crippen LogP contribution is -2.32. The Bertz CT molecular complexity index is 1610. The summed E-state index contributed by atoms with van der Waals surface area (Å²) < 4.78 is 96.6. The monoisotopic (exact) mass is 586 g/mol. The minimum atomic E-state index is -5.04. The van der Waals surface area contributed by atoms with Crippen LogP contribution in [-0.2, 0) is 17.5 Å². The topological polar surface area (TPSA) is 115 Å². The van der Waals surface area contributed by atoms with Crippen molar-refractivity contribution in [3.05, 3.63) is 80.8 Å². The maximum Gasteiger partial charge on any atom is 0.423 e. The Morgan fingerprint density at radius 2 is 1.76 bits per heavy atom. The zero-order chi connectivity index (χ0) is 29.7. The molecule has 41 heavy (non-hydrogen) atoms. The van der Waals surface area contributed by atoms with E-state index in [9.17, 15) is 40.3 Å². The van der Waals surface area contributed by atoms with Crippen LogP contribution in [0.3, 0.4) is 0 Å². The molecule has 0 aliphatic carbocycles. The summed E-state index contributed by atoms with van der Waals surface area (Å²) in [5.41, 5.74) is -3.45. The van der Waals surface area contributed by atoms with Crippen LogP contribution >= 0.6 is 0 Å². The molecule has 0 aliphatic heterocycles. The normalized spacial score (nSPS) is 12.8. The van der Waals surface area contributed by atoms with Crippen molar-refractivity contribution in [1.29, 1.82) is 0 Å². The van der Waals surface area contributed by atoms with Crippen LogP contribution in [0, 0.1) is 0 Å². The number of ether oxygens (including phenoxy) is 1. The zero-order valence-corrected chi connectivity index (χ0v) is 20.8. The van der Waals surface area contributed by atoms with Crippen molar-refractivity contribution in [2.45, 2.75) is 44.6 Å². The first kappa shape index (κ1) is 29.6. The molecule has 0 fully saturated rings. The number of aromatic amines is 1. The van der Waals surface area contributed by atoms with Gasteiger partial charge in [-0.15, -0.1) is 0 Å². The number of aromatic nitrogens is 5. The molecule has 0 aromatic carbocycles. The molecular weight excluding hydrogens is 565 g/mol. The molecule has 9 nitrogen and oxygen atoms in total. The van der Waals surface area contributed by atoms with E-state index in [1.165, 1.54) is 35.0 Å². The van der Waals surface area contributed by atoms with Crippen molar-refractivity contribution in [2.24, 2.45) is 0 Å². The Balaban J connectivity index is 1.49. The van der Waals surface area contributed by atoms with Crippen LogP contribution in [0.1, 0.15) is 30.4 Å². The molecule has 2 N–H and O–H groups in total. The summed E-state index contributed by atoms with van der Waals surface area (Å²) in [4.78, 5) is 33.0.